The van der Waals surface area contributed by atoms with Crippen LogP contribution in [0.15, 0.2) is 45.8 Å². The Morgan fingerprint density at radius 1 is 1.32 bits per heavy atom. The van der Waals surface area contributed by atoms with Gasteiger partial charge in [0.2, 0.25) is 0 Å². The maximum absolute atomic E-state index is 12.9. The summed E-state index contributed by atoms with van der Waals surface area (Å²) in [6, 6.07) is 4.13. The number of thiophene rings is 1. The average molecular weight is 423 g/mol. The molecule has 1 amide bonds. The predicted molar refractivity (Wildman–Crippen MR) is 108 cm³/mol. The minimum atomic E-state index is -3.53. The number of allylic oxidation sites excluding steroid dienone is 2. The van der Waals surface area contributed by atoms with E-state index in [2.05, 4.69) is 20.7 Å². The summed E-state index contributed by atoms with van der Waals surface area (Å²) in [6.07, 6.45) is 5.09. The van der Waals surface area contributed by atoms with Gasteiger partial charge < -0.3 is 15.0 Å². The molecule has 0 spiro atoms. The van der Waals surface area contributed by atoms with Crippen molar-refractivity contribution in [2.75, 3.05) is 45.1 Å². The van der Waals surface area contributed by atoms with Crippen molar-refractivity contribution in [3.05, 3.63) is 46.3 Å². The van der Waals surface area contributed by atoms with Crippen LogP contribution in [0, 0.1) is 0 Å². The molecule has 0 aliphatic carbocycles. The smallest absolute Gasteiger partial charge is 0.256 e. The number of amides is 1. The Hall–Kier alpha value is -2.01. The number of hydrogen-bond donors (Lipinski definition) is 1. The van der Waals surface area contributed by atoms with Crippen molar-refractivity contribution in [1.82, 2.24) is 15.1 Å². The van der Waals surface area contributed by atoms with E-state index >= 15 is 0 Å². The van der Waals surface area contributed by atoms with E-state index in [1.54, 1.807) is 34.6 Å². The van der Waals surface area contributed by atoms with Crippen molar-refractivity contribution in [3.63, 3.8) is 0 Å². The first-order chi connectivity index (χ1) is 13.5. The Morgan fingerprint density at radius 2 is 2.14 bits per heavy atom. The highest BCUT2D eigenvalue weighted by atomic mass is 32.2. The van der Waals surface area contributed by atoms with Gasteiger partial charge in [-0.2, -0.15) is 0 Å². The third-order valence-electron chi connectivity index (χ3n) is 4.92. The number of fused-ring (bicyclic) bond motifs is 1. The molecule has 10 heteroatoms. The highest BCUT2D eigenvalue weighted by molar-refractivity contribution is 7.90. The summed E-state index contributed by atoms with van der Waals surface area (Å²) in [7, 11) is -3.53. The van der Waals surface area contributed by atoms with Gasteiger partial charge in [-0.05, 0) is 23.6 Å². The van der Waals surface area contributed by atoms with Gasteiger partial charge in [0.15, 0.2) is 5.84 Å². The molecule has 0 radical (unpaired) electrons. The van der Waals surface area contributed by atoms with Gasteiger partial charge in [0, 0.05) is 37.3 Å². The van der Waals surface area contributed by atoms with Gasteiger partial charge in [-0.25, -0.2) is 8.42 Å². The molecule has 1 N–H and O–H groups in total. The highest BCUT2D eigenvalue weighted by Gasteiger charge is 2.31. The molecule has 8 nitrogen and oxygen atoms in total. The summed E-state index contributed by atoms with van der Waals surface area (Å²) in [4.78, 5) is 18.1. The highest BCUT2D eigenvalue weighted by Crippen LogP contribution is 2.26. The van der Waals surface area contributed by atoms with Crippen molar-refractivity contribution in [2.24, 2.45) is 4.40 Å². The molecule has 4 rings (SSSR count). The number of carbonyl (C=O) groups excluding carboxylic acids is 1. The van der Waals surface area contributed by atoms with Crippen LogP contribution in [0.4, 0.5) is 0 Å². The fraction of sp³-hybridized carbons (Fsp3) is 0.444. The molecule has 1 saturated heterocycles. The lowest BCUT2D eigenvalue weighted by atomic mass is 10.1. The largest absolute Gasteiger partial charge is 0.379 e. The zero-order valence-corrected chi connectivity index (χ0v) is 16.9. The molecular weight excluding hydrogens is 400 g/mol. The van der Waals surface area contributed by atoms with Crippen LogP contribution in [0.2, 0.25) is 0 Å². The molecule has 3 aliphatic rings. The average Bonchev–Trinajstić information content (AvgIpc) is 3.22. The third kappa shape index (κ3) is 4.19. The molecule has 1 atom stereocenters. The van der Waals surface area contributed by atoms with Gasteiger partial charge in [-0.3, -0.25) is 9.69 Å². The molecule has 0 bridgehead atoms. The first-order valence-electron chi connectivity index (χ1n) is 9.15. The first-order valence-corrected chi connectivity index (χ1v) is 11.6. The van der Waals surface area contributed by atoms with E-state index in [1.807, 2.05) is 11.4 Å². The molecule has 1 fully saturated rings. The molecule has 0 aromatic carbocycles. The van der Waals surface area contributed by atoms with Crippen molar-refractivity contribution in [2.45, 2.75) is 6.04 Å². The molecular formula is C18H22N4O4S2. The van der Waals surface area contributed by atoms with Crippen LogP contribution < -0.4 is 5.32 Å². The molecule has 3 aliphatic heterocycles. The van der Waals surface area contributed by atoms with Crippen LogP contribution in [0.5, 0.6) is 0 Å². The van der Waals surface area contributed by atoms with E-state index in [1.165, 1.54) is 4.88 Å². The lowest BCUT2D eigenvalue weighted by Crippen LogP contribution is -2.46. The quantitative estimate of drug-likeness (QED) is 0.753. The molecule has 28 heavy (non-hydrogen) atoms. The Labute approximate surface area is 168 Å². The minimum Gasteiger partial charge on any atom is -0.379 e. The Morgan fingerprint density at radius 3 is 2.89 bits per heavy atom. The number of hydrogen-bond acceptors (Lipinski definition) is 7. The molecule has 4 heterocycles. The number of morpholine rings is 1. The predicted octanol–water partition coefficient (Wildman–Crippen LogP) is 0.735. The number of sulfonamides is 1. The Balaban J connectivity index is 1.50. The Bertz CT molecular complexity index is 915. The fourth-order valence-electron chi connectivity index (χ4n) is 3.46. The van der Waals surface area contributed by atoms with Gasteiger partial charge in [0.1, 0.15) is 0 Å². The van der Waals surface area contributed by atoms with E-state index in [0.717, 1.165) is 13.1 Å². The number of carbonyl (C=O) groups is 1. The topological polar surface area (TPSA) is 91.3 Å². The van der Waals surface area contributed by atoms with E-state index in [-0.39, 0.29) is 29.1 Å². The van der Waals surface area contributed by atoms with Crippen LogP contribution in [0.1, 0.15) is 10.9 Å². The second kappa shape index (κ2) is 8.16. The lowest BCUT2D eigenvalue weighted by Gasteiger charge is -2.34. The zero-order valence-electron chi connectivity index (χ0n) is 15.3. The first kappa shape index (κ1) is 19.3. The van der Waals surface area contributed by atoms with Crippen molar-refractivity contribution in [1.29, 1.82) is 0 Å². The summed E-state index contributed by atoms with van der Waals surface area (Å²) in [5, 5.41) is 5.01. The second-order valence-electron chi connectivity index (χ2n) is 6.71. The summed E-state index contributed by atoms with van der Waals surface area (Å²) in [6.45, 7) is 3.70. The number of nitrogens with zero attached hydrogens (tertiary/aromatic N) is 3. The van der Waals surface area contributed by atoms with Gasteiger partial charge in [0.05, 0.1) is 30.6 Å². The normalized spacial score (nSPS) is 22.8. The number of nitrogens with one attached hydrogen (secondary N) is 1. The third-order valence-corrected chi connectivity index (χ3v) is 7.04. The summed E-state index contributed by atoms with van der Waals surface area (Å²) in [5.41, 5.74) is 0.276. The molecule has 1 aromatic rings. The van der Waals surface area contributed by atoms with Gasteiger partial charge >= 0.3 is 0 Å². The Kier molecular flexibility index (Phi) is 5.63. The van der Waals surface area contributed by atoms with E-state index in [0.29, 0.717) is 26.3 Å². The van der Waals surface area contributed by atoms with Crippen LogP contribution in [-0.2, 0) is 19.6 Å². The lowest BCUT2D eigenvalue weighted by molar-refractivity contribution is -0.117. The molecule has 0 unspecified atom stereocenters. The van der Waals surface area contributed by atoms with Gasteiger partial charge in [0.25, 0.3) is 15.9 Å². The van der Waals surface area contributed by atoms with Crippen molar-refractivity contribution < 1.29 is 17.9 Å². The van der Waals surface area contributed by atoms with Crippen LogP contribution in [0.25, 0.3) is 0 Å². The summed E-state index contributed by atoms with van der Waals surface area (Å²) >= 11 is 1.66. The van der Waals surface area contributed by atoms with Crippen molar-refractivity contribution >= 4 is 33.1 Å². The van der Waals surface area contributed by atoms with E-state index in [4.69, 9.17) is 4.74 Å². The van der Waals surface area contributed by atoms with Crippen molar-refractivity contribution in [3.8, 4) is 0 Å². The number of ether oxygens (including phenoxy) is 1. The van der Waals surface area contributed by atoms with Gasteiger partial charge in [-0.15, -0.1) is 15.7 Å². The molecule has 1 aromatic heterocycles. The van der Waals surface area contributed by atoms with Crippen LogP contribution >= 0.6 is 11.3 Å². The van der Waals surface area contributed by atoms with Gasteiger partial charge in [-0.1, -0.05) is 6.07 Å². The fourth-order valence-corrected chi connectivity index (χ4v) is 5.30. The number of rotatable bonds is 5. The maximum Gasteiger partial charge on any atom is 0.256 e. The standard InChI is InChI=1S/C18H22N4O4S2/c23-18(14-3-1-5-22-8-12-28(24,25)20-17(14)22)19-13-15(16-4-2-11-27-16)21-6-9-26-10-7-21/h1-5,11,15H,6-10,12-13H2,(H,19,23)/t15-/m0/s1. The number of amidine groups is 1. The molecule has 150 valence electrons. The van der Waals surface area contributed by atoms with E-state index in [9.17, 15) is 13.2 Å². The maximum atomic E-state index is 12.9. The summed E-state index contributed by atoms with van der Waals surface area (Å²) < 4.78 is 33.0. The van der Waals surface area contributed by atoms with E-state index < -0.39 is 10.0 Å². The zero-order chi connectivity index (χ0) is 19.6. The molecule has 0 saturated carbocycles. The van der Waals surface area contributed by atoms with Crippen LogP contribution in [0.3, 0.4) is 0 Å². The van der Waals surface area contributed by atoms with Crippen LogP contribution in [-0.4, -0.2) is 75.1 Å². The minimum absolute atomic E-state index is 0.0484. The summed E-state index contributed by atoms with van der Waals surface area (Å²) in [5.74, 6) is -0.168. The monoisotopic (exact) mass is 422 g/mol. The SMILES string of the molecule is O=C(NC[C@@H](c1cccs1)N1CCOCC1)C1=CC=CN2CCS(=O)(=O)N=C12. The second-order valence-corrected chi connectivity index (χ2v) is 9.44.